The first-order valence-electron chi connectivity index (χ1n) is 11.5. The van der Waals surface area contributed by atoms with Gasteiger partial charge in [0.25, 0.3) is 0 Å². The van der Waals surface area contributed by atoms with Crippen LogP contribution in [0.3, 0.4) is 0 Å². The molecular weight excluding hydrogens is 374 g/mol. The van der Waals surface area contributed by atoms with Crippen LogP contribution in [0.1, 0.15) is 73.3 Å². The van der Waals surface area contributed by atoms with E-state index in [0.29, 0.717) is 0 Å². The number of rotatable bonds is 7. The molecule has 0 fully saturated rings. The van der Waals surface area contributed by atoms with Gasteiger partial charge in [-0.2, -0.15) is 0 Å². The summed E-state index contributed by atoms with van der Waals surface area (Å²) in [7, 11) is 0. The Bertz CT molecular complexity index is 867. The van der Waals surface area contributed by atoms with Crippen LogP contribution in [-0.2, 0) is 0 Å². The smallest absolute Gasteiger partial charge is 0.0901 e. The molecule has 0 saturated heterocycles. The molecule has 0 spiro atoms. The first-order chi connectivity index (χ1) is 14.7. The lowest BCUT2D eigenvalue weighted by atomic mass is 9.72. The van der Waals surface area contributed by atoms with Gasteiger partial charge in [-0.05, 0) is 93.4 Å². The highest BCUT2D eigenvalue weighted by atomic mass is 14.9. The molecule has 0 atom stereocenters. The monoisotopic (exact) mass is 415 g/mol. The molecule has 0 aromatic heterocycles. The van der Waals surface area contributed by atoms with Gasteiger partial charge in [0.2, 0.25) is 0 Å². The molecule has 1 nitrogen and oxygen atoms in total. The van der Waals surface area contributed by atoms with E-state index in [0.717, 1.165) is 22.5 Å². The third-order valence-electron chi connectivity index (χ3n) is 5.37. The first-order valence-corrected chi connectivity index (χ1v) is 11.5. The molecule has 1 aliphatic rings. The topological polar surface area (TPSA) is 12.0 Å². The van der Waals surface area contributed by atoms with Crippen LogP contribution < -0.4 is 5.32 Å². The van der Waals surface area contributed by atoms with Crippen LogP contribution in [0.15, 0.2) is 83.2 Å². The highest BCUT2D eigenvalue weighted by molar-refractivity contribution is 5.49. The molecule has 0 amide bonds. The molecule has 0 saturated carbocycles. The molecule has 0 heterocycles. The molecule has 0 bridgehead atoms. The maximum Gasteiger partial charge on any atom is 0.0901 e. The van der Waals surface area contributed by atoms with Crippen molar-refractivity contribution in [2.24, 2.45) is 5.41 Å². The van der Waals surface area contributed by atoms with Gasteiger partial charge in [0.1, 0.15) is 0 Å². The van der Waals surface area contributed by atoms with Gasteiger partial charge in [-0.15, -0.1) is 0 Å². The lowest BCUT2D eigenvalue weighted by molar-refractivity contribution is 0.377. The van der Waals surface area contributed by atoms with E-state index >= 15 is 0 Å². The molecule has 1 N–H and O–H groups in total. The highest BCUT2D eigenvalue weighted by Crippen LogP contribution is 2.40. The lowest BCUT2D eigenvalue weighted by Crippen LogP contribution is -2.19. The Morgan fingerprint density at radius 3 is 2.39 bits per heavy atom. The maximum absolute atomic E-state index is 4.07. The van der Waals surface area contributed by atoms with Crippen molar-refractivity contribution in [3.8, 4) is 0 Å². The standard InChI is InChI=1S/C28H35N.C2H6/c1-21(15-18-27-24(4)12-9-19-28(27,6)7)10-8-11-23(3)20-25(5)29-26-16-13-22(2)14-17-26;1-2/h8,10-11,13,15-16,18,20,29H,5,9,12,19H2,1-4,6-7H3;1-2H3/b11-8+,18-15+,21-10+,23-20+;. The Labute approximate surface area is 192 Å². The Kier molecular flexibility index (Phi) is 10.9. The van der Waals surface area contributed by atoms with E-state index in [1.807, 2.05) is 39.0 Å². The predicted molar refractivity (Wildman–Crippen MR) is 139 cm³/mol. The number of hydrogen-bond donors (Lipinski definition) is 1. The molecular formula is C30H41N. The Morgan fingerprint density at radius 2 is 1.77 bits per heavy atom. The van der Waals surface area contributed by atoms with Crippen LogP contribution >= 0.6 is 0 Å². The van der Waals surface area contributed by atoms with Gasteiger partial charge in [-0.25, -0.2) is 0 Å². The van der Waals surface area contributed by atoms with Gasteiger partial charge in [0.05, 0.1) is 5.69 Å². The van der Waals surface area contributed by atoms with Crippen LogP contribution in [0, 0.1) is 24.5 Å². The van der Waals surface area contributed by atoms with Crippen LogP contribution in [0.2, 0.25) is 0 Å². The van der Waals surface area contributed by atoms with Crippen molar-refractivity contribution in [3.05, 3.63) is 101 Å². The van der Waals surface area contributed by atoms with Crippen LogP contribution in [0.4, 0.5) is 5.69 Å². The van der Waals surface area contributed by atoms with Crippen molar-refractivity contribution in [2.75, 3.05) is 5.32 Å². The van der Waals surface area contributed by atoms with Crippen LogP contribution in [-0.4, -0.2) is 0 Å². The summed E-state index contributed by atoms with van der Waals surface area (Å²) in [5.41, 5.74) is 8.50. The largest absolute Gasteiger partial charge is 0.349 e. The van der Waals surface area contributed by atoms with E-state index in [2.05, 4.69) is 89.0 Å². The SMILES string of the molecule is C=C(/C=C(C)/C=C/C=C(C)/C=C/C1=C(C)CCCC1(C)C)Nc1c#cc(C)cc1.CC. The minimum absolute atomic E-state index is 0.286. The molecule has 31 heavy (non-hydrogen) atoms. The van der Waals surface area contributed by atoms with Gasteiger partial charge in [0, 0.05) is 5.70 Å². The first kappa shape index (κ1) is 26.3. The molecule has 1 heteroatoms. The summed E-state index contributed by atoms with van der Waals surface area (Å²) < 4.78 is 0. The van der Waals surface area contributed by atoms with Gasteiger partial charge in [-0.3, -0.25) is 0 Å². The molecule has 1 aliphatic carbocycles. The van der Waals surface area contributed by atoms with Crippen molar-refractivity contribution >= 4 is 5.69 Å². The normalized spacial score (nSPS) is 16.8. The van der Waals surface area contributed by atoms with E-state index in [-0.39, 0.29) is 5.41 Å². The molecule has 0 radical (unpaired) electrons. The fourth-order valence-corrected chi connectivity index (χ4v) is 3.69. The van der Waals surface area contributed by atoms with Gasteiger partial charge < -0.3 is 5.32 Å². The second kappa shape index (κ2) is 12.9. The maximum atomic E-state index is 4.07. The van der Waals surface area contributed by atoms with E-state index < -0.39 is 0 Å². The number of nitrogens with one attached hydrogen (secondary N) is 1. The second-order valence-electron chi connectivity index (χ2n) is 8.75. The average molecular weight is 416 g/mol. The molecule has 166 valence electrons. The summed E-state index contributed by atoms with van der Waals surface area (Å²) >= 11 is 0. The summed E-state index contributed by atoms with van der Waals surface area (Å²) in [5, 5.41) is 3.24. The third-order valence-corrected chi connectivity index (χ3v) is 5.37. The molecule has 1 aromatic carbocycles. The molecule has 2 rings (SSSR count). The summed E-state index contributed by atoms with van der Waals surface area (Å²) in [4.78, 5) is 0. The van der Waals surface area contributed by atoms with E-state index in [4.69, 9.17) is 0 Å². The van der Waals surface area contributed by atoms with Crippen molar-refractivity contribution in [3.63, 3.8) is 0 Å². The van der Waals surface area contributed by atoms with Crippen molar-refractivity contribution < 1.29 is 0 Å². The molecule has 0 unspecified atom stereocenters. The van der Waals surface area contributed by atoms with Gasteiger partial charge in [0.15, 0.2) is 0 Å². The van der Waals surface area contributed by atoms with Gasteiger partial charge in [-0.1, -0.05) is 81.9 Å². The number of allylic oxidation sites excluding steroid dienone is 10. The minimum Gasteiger partial charge on any atom is -0.349 e. The Balaban J connectivity index is 0.00000233. The Hall–Kier alpha value is -2.72. The fourth-order valence-electron chi connectivity index (χ4n) is 3.69. The predicted octanol–water partition coefficient (Wildman–Crippen LogP) is 9.08. The summed E-state index contributed by atoms with van der Waals surface area (Å²) in [6.45, 7) is 21.3. The van der Waals surface area contributed by atoms with Gasteiger partial charge >= 0.3 is 0 Å². The van der Waals surface area contributed by atoms with Crippen molar-refractivity contribution in [1.29, 1.82) is 0 Å². The molecule has 0 aliphatic heterocycles. The third kappa shape index (κ3) is 9.31. The summed E-state index contributed by atoms with van der Waals surface area (Å²) in [5.74, 6) is 0. The summed E-state index contributed by atoms with van der Waals surface area (Å²) in [6, 6.07) is 10.1. The van der Waals surface area contributed by atoms with E-state index in [9.17, 15) is 0 Å². The second-order valence-corrected chi connectivity index (χ2v) is 8.75. The van der Waals surface area contributed by atoms with Crippen molar-refractivity contribution in [1.82, 2.24) is 0 Å². The van der Waals surface area contributed by atoms with Crippen LogP contribution in [0.25, 0.3) is 0 Å². The van der Waals surface area contributed by atoms with Crippen molar-refractivity contribution in [2.45, 2.75) is 74.7 Å². The molecule has 1 aromatic rings. The number of hydrogen-bond acceptors (Lipinski definition) is 1. The highest BCUT2D eigenvalue weighted by Gasteiger charge is 2.26. The fraction of sp³-hybridized carbons (Fsp3) is 0.400. The average Bonchev–Trinajstić information content (AvgIpc) is 2.70. The van der Waals surface area contributed by atoms with E-state index in [1.165, 1.54) is 36.0 Å². The van der Waals surface area contributed by atoms with Crippen LogP contribution in [0.5, 0.6) is 0 Å². The zero-order valence-corrected chi connectivity index (χ0v) is 20.9. The number of anilines is 1. The quantitative estimate of drug-likeness (QED) is 0.438. The minimum atomic E-state index is 0.286. The number of aryl methyl sites for hydroxylation is 1. The Morgan fingerprint density at radius 1 is 1.06 bits per heavy atom. The van der Waals surface area contributed by atoms with E-state index in [1.54, 1.807) is 0 Å². The lowest BCUT2D eigenvalue weighted by Gasteiger charge is -2.32. The summed E-state index contributed by atoms with van der Waals surface area (Å²) in [6.07, 6.45) is 16.7. The zero-order valence-electron chi connectivity index (χ0n) is 20.9. The zero-order chi connectivity index (χ0) is 23.4.